The number of anilines is 1. The summed E-state index contributed by atoms with van der Waals surface area (Å²) in [6.45, 7) is 3.55. The number of aliphatic hydroxyl groups is 4. The molecule has 9 atom stereocenters. The molecule has 5 aliphatic rings. The van der Waals surface area contributed by atoms with Crippen LogP contribution in [0.1, 0.15) is 122 Å². The first-order valence-electron chi connectivity index (χ1n) is 22.8. The van der Waals surface area contributed by atoms with Crippen LogP contribution in [0.4, 0.5) is 5.69 Å². The summed E-state index contributed by atoms with van der Waals surface area (Å²) in [4.78, 5) is 42.3. The van der Waals surface area contributed by atoms with Gasteiger partial charge < -0.3 is 40.3 Å². The van der Waals surface area contributed by atoms with E-state index in [4.69, 9.17) is 9.47 Å². The lowest BCUT2D eigenvalue weighted by Gasteiger charge is -2.45. The molecule has 3 heterocycles. The van der Waals surface area contributed by atoms with E-state index in [1.54, 1.807) is 25.1 Å². The average molecular weight is 870 g/mol. The number of fused-ring (bicyclic) bond motifs is 8. The van der Waals surface area contributed by atoms with Crippen LogP contribution >= 0.6 is 0 Å². The number of esters is 2. The van der Waals surface area contributed by atoms with E-state index in [1.165, 1.54) is 6.08 Å². The summed E-state index contributed by atoms with van der Waals surface area (Å²) in [7, 11) is 0. The van der Waals surface area contributed by atoms with Gasteiger partial charge in [0.05, 0.1) is 31.2 Å². The molecule has 3 aromatic rings. The highest BCUT2D eigenvalue weighted by Gasteiger charge is 2.49. The van der Waals surface area contributed by atoms with Crippen LogP contribution < -0.4 is 10.1 Å². The summed E-state index contributed by atoms with van der Waals surface area (Å²) in [5.74, 6) is 3.14. The van der Waals surface area contributed by atoms with Gasteiger partial charge in [-0.05, 0) is 103 Å². The minimum Gasteiger partial charge on any atom is -0.507 e. The summed E-state index contributed by atoms with van der Waals surface area (Å²) in [6.07, 6.45) is 8.91. The van der Waals surface area contributed by atoms with Gasteiger partial charge in [0.25, 0.3) is 0 Å². The van der Waals surface area contributed by atoms with Gasteiger partial charge in [-0.1, -0.05) is 79.8 Å². The molecular formula is C53H59NO10. The molecule has 336 valence electrons. The van der Waals surface area contributed by atoms with Crippen molar-refractivity contribution in [2.75, 3.05) is 11.9 Å². The number of carbonyl (C=O) groups is 3. The highest BCUT2D eigenvalue weighted by Crippen LogP contribution is 2.50. The van der Waals surface area contributed by atoms with Gasteiger partial charge in [-0.2, -0.15) is 0 Å². The van der Waals surface area contributed by atoms with Gasteiger partial charge in [0, 0.05) is 65.9 Å². The summed E-state index contributed by atoms with van der Waals surface area (Å²) >= 11 is 0. The Labute approximate surface area is 374 Å². The Hall–Kier alpha value is -5.51. The molecule has 64 heavy (non-hydrogen) atoms. The topological polar surface area (TPSA) is 183 Å². The van der Waals surface area contributed by atoms with Crippen molar-refractivity contribution in [3.05, 3.63) is 123 Å². The molecule has 0 unspecified atom stereocenters. The first kappa shape index (κ1) is 45.1. The lowest BCUT2D eigenvalue weighted by molar-refractivity contribution is -0.176. The summed E-state index contributed by atoms with van der Waals surface area (Å²) < 4.78 is 12.7. The predicted molar refractivity (Wildman–Crippen MR) is 242 cm³/mol. The number of aliphatic hydroxyl groups excluding tert-OH is 3. The lowest BCUT2D eigenvalue weighted by Crippen LogP contribution is -2.54. The third-order valence-corrected chi connectivity index (χ3v) is 13.7. The standard InChI is InChI=1S/C53H59NO10/c1-3-16-53(62)42-14-15-46(58)39(23-42)18-32-8-7-9-33(17-32)21-44(57)25-41-22-36(38-19-34(30-55)20-43(24-38)54-29-31(2)56)12-13-37-28-48(59)64-51-45(37)26-40(27-47(53)63-52(41)61)50(60)49(51)35-10-5-4-6-11-35/h4-10,17,19-20,24-26,31,35-37,39,42,44,47,54-57,60,62H,3,11,14-16,18,21-23,27-30H2,1-2H3/b41-25-/t31-,35+,36-,37-,39+,42+,44-,47+,53-/m0/s1. The molecule has 11 heteroatoms. The maximum Gasteiger partial charge on any atom is 0.334 e. The SMILES string of the molecule is CCC[C@]1(O)[C@@H]2CCC(=O)[C@H](Cc3cccc(c3)C[C@H](O)/C=C3/C[C@@H](c4cc(CO)cc(NC[C@H](C)O)c4)C#C[C@H]4CC(=O)Oc5c4cc(c(O)c5[C@@H]4C=CC=CC4)C[C@H]1OC3=O)C2. The Balaban J connectivity index is 1.37. The van der Waals surface area contributed by atoms with Crippen molar-refractivity contribution in [1.82, 2.24) is 0 Å². The molecule has 1 saturated carbocycles. The average Bonchev–Trinajstić information content (AvgIpc) is 3.28. The fraction of sp³-hybridized carbons (Fsp3) is 0.453. The van der Waals surface area contributed by atoms with E-state index in [2.05, 4.69) is 17.2 Å². The van der Waals surface area contributed by atoms with Crippen molar-refractivity contribution in [3.63, 3.8) is 0 Å². The van der Waals surface area contributed by atoms with Crippen molar-refractivity contribution < 1.29 is 49.4 Å². The highest BCUT2D eigenvalue weighted by molar-refractivity contribution is 5.89. The second-order valence-electron chi connectivity index (χ2n) is 18.5. The second kappa shape index (κ2) is 19.3. The van der Waals surface area contributed by atoms with Crippen LogP contribution in [0.2, 0.25) is 0 Å². The Bertz CT molecular complexity index is 2440. The van der Waals surface area contributed by atoms with Crippen LogP contribution in [0.3, 0.4) is 0 Å². The Morgan fingerprint density at radius 2 is 1.77 bits per heavy atom. The number of phenolic OH excluding ortho intramolecular Hbond substituents is 1. The molecule has 8 rings (SSSR count). The maximum atomic E-state index is 15.1. The maximum absolute atomic E-state index is 15.1. The number of ether oxygens (including phenoxy) is 2. The van der Waals surface area contributed by atoms with Crippen LogP contribution in [-0.2, 0) is 45.0 Å². The summed E-state index contributed by atoms with van der Waals surface area (Å²) in [6, 6.07) is 15.0. The minimum absolute atomic E-state index is 0.0517. The van der Waals surface area contributed by atoms with Gasteiger partial charge in [0.1, 0.15) is 29.0 Å². The number of phenols is 1. The molecule has 0 spiro atoms. The van der Waals surface area contributed by atoms with Crippen LogP contribution in [0.5, 0.6) is 11.5 Å². The van der Waals surface area contributed by atoms with Gasteiger partial charge >= 0.3 is 11.9 Å². The van der Waals surface area contributed by atoms with Crippen molar-refractivity contribution in [1.29, 1.82) is 0 Å². The van der Waals surface area contributed by atoms with Gasteiger partial charge in [0.2, 0.25) is 0 Å². The molecule has 0 saturated heterocycles. The fourth-order valence-corrected chi connectivity index (χ4v) is 10.5. The first-order chi connectivity index (χ1) is 30.8. The highest BCUT2D eigenvalue weighted by atomic mass is 16.6. The quantitative estimate of drug-likeness (QED) is 0.0786. The van der Waals surface area contributed by atoms with Crippen LogP contribution in [0, 0.1) is 23.7 Å². The monoisotopic (exact) mass is 869 g/mol. The van der Waals surface area contributed by atoms with Crippen molar-refractivity contribution in [3.8, 4) is 23.3 Å². The molecule has 0 radical (unpaired) electrons. The zero-order valence-corrected chi connectivity index (χ0v) is 36.6. The zero-order chi connectivity index (χ0) is 45.1. The van der Waals surface area contributed by atoms with E-state index >= 15 is 4.79 Å². The van der Waals surface area contributed by atoms with E-state index in [-0.39, 0.29) is 86.4 Å². The summed E-state index contributed by atoms with van der Waals surface area (Å²) in [5, 5.41) is 61.3. The largest absolute Gasteiger partial charge is 0.507 e. The molecule has 6 N–H and O–H groups in total. The van der Waals surface area contributed by atoms with E-state index in [1.807, 2.05) is 61.6 Å². The minimum atomic E-state index is -1.65. The normalized spacial score (nSPS) is 29.2. The molecule has 3 aromatic carbocycles. The Morgan fingerprint density at radius 3 is 2.52 bits per heavy atom. The van der Waals surface area contributed by atoms with Crippen LogP contribution in [0.15, 0.2) is 84.5 Å². The molecule has 11 nitrogen and oxygen atoms in total. The molecular weight excluding hydrogens is 811 g/mol. The van der Waals surface area contributed by atoms with Crippen molar-refractivity contribution in [2.24, 2.45) is 11.8 Å². The molecule has 1 fully saturated rings. The number of rotatable bonds is 8. The number of hydrogen-bond donors (Lipinski definition) is 6. The van der Waals surface area contributed by atoms with Gasteiger partial charge in [0.15, 0.2) is 0 Å². The number of Topliss-reactive ketones (excluding diaryl/α,β-unsaturated/α-hetero) is 1. The van der Waals surface area contributed by atoms with Gasteiger partial charge in [-0.3, -0.25) is 9.59 Å². The number of carbonyl (C=O) groups excluding carboxylic acids is 3. The second-order valence-corrected chi connectivity index (χ2v) is 18.5. The summed E-state index contributed by atoms with van der Waals surface area (Å²) in [5.41, 5.74) is 3.47. The van der Waals surface area contributed by atoms with E-state index < -0.39 is 53.6 Å². The zero-order valence-electron chi connectivity index (χ0n) is 36.6. The Kier molecular flexibility index (Phi) is 13.6. The lowest BCUT2D eigenvalue weighted by atomic mass is 9.66. The van der Waals surface area contributed by atoms with Crippen molar-refractivity contribution in [2.45, 2.75) is 133 Å². The number of benzene rings is 3. The molecule has 2 aliphatic carbocycles. The van der Waals surface area contributed by atoms with E-state index in [9.17, 15) is 35.1 Å². The Morgan fingerprint density at radius 1 is 0.969 bits per heavy atom. The van der Waals surface area contributed by atoms with E-state index in [0.717, 1.165) is 11.1 Å². The predicted octanol–water partition coefficient (Wildman–Crippen LogP) is 6.92. The van der Waals surface area contributed by atoms with Crippen LogP contribution in [-0.4, -0.2) is 73.7 Å². The number of allylic oxidation sites excluding steroid dienone is 4. The first-order valence-corrected chi connectivity index (χ1v) is 22.8. The molecule has 0 amide bonds. The van der Waals surface area contributed by atoms with Gasteiger partial charge in [-0.25, -0.2) is 4.79 Å². The smallest absolute Gasteiger partial charge is 0.334 e. The third kappa shape index (κ3) is 9.76. The number of ketones is 1. The van der Waals surface area contributed by atoms with Crippen molar-refractivity contribution >= 4 is 23.4 Å². The third-order valence-electron chi connectivity index (χ3n) is 13.7. The number of aromatic hydroxyl groups is 1. The number of nitrogens with one attached hydrogen (secondary N) is 1. The molecule has 3 aliphatic heterocycles. The van der Waals surface area contributed by atoms with E-state index in [0.29, 0.717) is 65.6 Å². The number of hydrogen-bond acceptors (Lipinski definition) is 11. The van der Waals surface area contributed by atoms with Gasteiger partial charge in [-0.15, -0.1) is 0 Å². The van der Waals surface area contributed by atoms with Crippen LogP contribution in [0.25, 0.3) is 0 Å². The molecule has 8 bridgehead atoms. The fourth-order valence-electron chi connectivity index (χ4n) is 10.5. The molecule has 0 aromatic heterocycles.